The van der Waals surface area contributed by atoms with Crippen LogP contribution in [0.25, 0.3) is 240 Å². The van der Waals surface area contributed by atoms with Crippen LogP contribution < -0.4 is 0 Å². The number of para-hydroxylation sites is 4. The van der Waals surface area contributed by atoms with E-state index in [0.29, 0.717) is 23.3 Å². The van der Waals surface area contributed by atoms with Gasteiger partial charge in [0.25, 0.3) is 0 Å². The summed E-state index contributed by atoms with van der Waals surface area (Å²) in [5, 5.41) is 6.44. The van der Waals surface area contributed by atoms with Crippen LogP contribution in [0.15, 0.2) is 470 Å². The SMILES string of the molecule is c1ccc(-c2ccc(-c3nc(-c4ccccc4)nc(-c4ccc(-c5ccc(-c6nc7ccccc7c7oc(-c8ccccc8)c(-c8ccccc8)c67)cc5)cc4)n3)cc2)cc1.c1ccc(-c2nc(-c3ccc(-c4ccc(-c5nc6ccccc6c6oc(-c7ccccc7)c(-c7ccccc7)c56)cc4)cc3)cc(-c3cccc(-n4c5ccccc5c5ccccc54)c3)n2)cc1. The predicted molar refractivity (Wildman–Crippen MR) is 528 cm³/mol. The van der Waals surface area contributed by atoms with Gasteiger partial charge in [0.05, 0.1) is 55.6 Å². The first kappa shape index (κ1) is 76.4. The molecule has 24 aromatic rings. The van der Waals surface area contributed by atoms with Gasteiger partial charge in [-0.2, -0.15) is 0 Å². The maximum Gasteiger partial charge on any atom is 0.164 e. The molecule has 129 heavy (non-hydrogen) atoms. The Hall–Kier alpha value is -17.5. The van der Waals surface area contributed by atoms with Crippen molar-refractivity contribution in [3.05, 3.63) is 461 Å². The van der Waals surface area contributed by atoms with Gasteiger partial charge in [0.2, 0.25) is 0 Å². The van der Waals surface area contributed by atoms with Crippen LogP contribution in [0.4, 0.5) is 0 Å². The van der Waals surface area contributed by atoms with Gasteiger partial charge in [-0.15, -0.1) is 0 Å². The van der Waals surface area contributed by atoms with E-state index in [-0.39, 0.29) is 0 Å². The standard InChI is InChI=1S/C63H40N4O.C56H36N4O/c1-4-17-44(18-5-1)58-59-60(64-53-28-13-10-27-52(53)62(59)68-61(58)46-19-6-2-7-20-46)45-37-33-42(34-38-45)41-31-35-43(36-32-41)54-40-55(66-63(65-54)47-21-8-3-9-22-47)48-23-16-24-49(39-48)67-56-29-14-11-25-50(56)51-26-12-15-30-57(51)67;1-5-15-37(16-6-1)38-27-33-45(34-28-38)55-58-54(44-21-11-4-12-22-44)59-56(60-55)46-35-29-40(30-36-46)39-25-31-42(32-26-39)51-50-49(41-17-7-2-8-18-41)52(43-19-9-3-10-20-43)61-53(50)47-23-13-14-24-48(47)57-51/h1-40H;1-36H. The summed E-state index contributed by atoms with van der Waals surface area (Å²) in [5.74, 6) is 4.23. The van der Waals surface area contributed by atoms with Gasteiger partial charge in [-0.05, 0) is 99.1 Å². The minimum absolute atomic E-state index is 0.619. The smallest absolute Gasteiger partial charge is 0.164 e. The number of rotatable bonds is 16. The van der Waals surface area contributed by atoms with E-state index >= 15 is 0 Å². The van der Waals surface area contributed by atoms with Crippen molar-refractivity contribution in [2.75, 3.05) is 0 Å². The molecule has 24 rings (SSSR count). The van der Waals surface area contributed by atoms with E-state index in [1.165, 1.54) is 27.4 Å². The lowest BCUT2D eigenvalue weighted by atomic mass is 9.94. The summed E-state index contributed by atoms with van der Waals surface area (Å²) in [7, 11) is 0. The van der Waals surface area contributed by atoms with Crippen molar-refractivity contribution in [3.8, 4) is 175 Å². The van der Waals surface area contributed by atoms with Crippen molar-refractivity contribution < 1.29 is 8.83 Å². The van der Waals surface area contributed by atoms with E-state index in [2.05, 4.69) is 375 Å². The van der Waals surface area contributed by atoms with Crippen LogP contribution in [0.1, 0.15) is 0 Å². The average molecular weight is 1650 g/mol. The number of fused-ring (bicyclic) bond motifs is 9. The molecular weight excluding hydrogens is 1570 g/mol. The van der Waals surface area contributed by atoms with Crippen LogP contribution in [0.5, 0.6) is 0 Å². The highest BCUT2D eigenvalue weighted by molar-refractivity contribution is 6.19. The third-order valence-corrected chi connectivity index (χ3v) is 24.2. The zero-order valence-corrected chi connectivity index (χ0v) is 69.8. The number of aromatic nitrogens is 8. The molecule has 0 saturated heterocycles. The van der Waals surface area contributed by atoms with Gasteiger partial charge < -0.3 is 13.4 Å². The zero-order valence-electron chi connectivity index (χ0n) is 69.8. The number of hydrogen-bond donors (Lipinski definition) is 0. The van der Waals surface area contributed by atoms with Gasteiger partial charge in [-0.25, -0.2) is 34.9 Å². The molecule has 0 N–H and O–H groups in total. The third-order valence-electron chi connectivity index (χ3n) is 24.2. The molecule has 0 radical (unpaired) electrons. The van der Waals surface area contributed by atoms with Crippen LogP contribution in [-0.2, 0) is 0 Å². The van der Waals surface area contributed by atoms with Gasteiger partial charge in [0, 0.05) is 94.0 Å². The summed E-state index contributed by atoms with van der Waals surface area (Å²) in [6.07, 6.45) is 0. The first-order valence-corrected chi connectivity index (χ1v) is 43.3. The Morgan fingerprint density at radius 2 is 0.450 bits per heavy atom. The molecule has 0 amide bonds. The summed E-state index contributed by atoms with van der Waals surface area (Å²) >= 11 is 0. The minimum Gasteiger partial charge on any atom is -0.455 e. The summed E-state index contributed by atoms with van der Waals surface area (Å²) in [6, 6.07) is 160. The molecular formula is C119H76N8O2. The fourth-order valence-corrected chi connectivity index (χ4v) is 17.9. The summed E-state index contributed by atoms with van der Waals surface area (Å²) in [6.45, 7) is 0. The Morgan fingerprint density at radius 3 is 0.837 bits per heavy atom. The highest BCUT2D eigenvalue weighted by atomic mass is 16.3. The number of furan rings is 2. The van der Waals surface area contributed by atoms with Crippen LogP contribution in [0.3, 0.4) is 0 Å². The number of pyridine rings is 2. The number of hydrogen-bond acceptors (Lipinski definition) is 9. The molecule has 0 aliphatic heterocycles. The Bertz CT molecular complexity index is 8210. The predicted octanol–water partition coefficient (Wildman–Crippen LogP) is 31.0. The maximum absolute atomic E-state index is 6.92. The van der Waals surface area contributed by atoms with Crippen LogP contribution >= 0.6 is 0 Å². The maximum atomic E-state index is 6.92. The monoisotopic (exact) mass is 1650 g/mol. The molecule has 0 bridgehead atoms. The normalized spacial score (nSPS) is 11.4. The topological polar surface area (TPSA) is 121 Å². The second-order valence-electron chi connectivity index (χ2n) is 32.1. The molecule has 0 aliphatic carbocycles. The Labute approximate surface area is 744 Å². The first-order chi connectivity index (χ1) is 63.9. The molecule has 7 aromatic heterocycles. The summed E-state index contributed by atoms with van der Waals surface area (Å²) < 4.78 is 16.2. The van der Waals surface area contributed by atoms with Crippen molar-refractivity contribution in [1.29, 1.82) is 0 Å². The van der Waals surface area contributed by atoms with E-state index in [0.717, 1.165) is 189 Å². The lowest BCUT2D eigenvalue weighted by Gasteiger charge is -2.12. The van der Waals surface area contributed by atoms with E-state index in [9.17, 15) is 0 Å². The van der Waals surface area contributed by atoms with Crippen molar-refractivity contribution in [3.63, 3.8) is 0 Å². The largest absolute Gasteiger partial charge is 0.455 e. The number of nitrogens with zero attached hydrogens (tertiary/aromatic N) is 8. The van der Waals surface area contributed by atoms with Gasteiger partial charge in [0.15, 0.2) is 23.3 Å². The average Bonchev–Trinajstić information content (AvgIpc) is 1.61. The molecule has 0 aliphatic rings. The molecule has 10 heteroatoms. The van der Waals surface area contributed by atoms with Gasteiger partial charge in [-0.3, -0.25) is 0 Å². The van der Waals surface area contributed by atoms with E-state index in [4.69, 9.17) is 43.7 Å². The fraction of sp³-hybridized carbons (Fsp3) is 0. The molecule has 0 spiro atoms. The fourth-order valence-electron chi connectivity index (χ4n) is 17.9. The zero-order chi connectivity index (χ0) is 85.5. The Kier molecular flexibility index (Phi) is 19.7. The van der Waals surface area contributed by atoms with Gasteiger partial charge in [-0.1, -0.05) is 406 Å². The van der Waals surface area contributed by atoms with Crippen molar-refractivity contribution in [2.24, 2.45) is 0 Å². The van der Waals surface area contributed by atoms with Crippen molar-refractivity contribution in [2.45, 2.75) is 0 Å². The molecule has 0 unspecified atom stereocenters. The lowest BCUT2D eigenvalue weighted by molar-refractivity contribution is 0.635. The van der Waals surface area contributed by atoms with E-state index in [1.807, 2.05) is 91.0 Å². The van der Waals surface area contributed by atoms with E-state index in [1.54, 1.807) is 0 Å². The van der Waals surface area contributed by atoms with Gasteiger partial charge in [0.1, 0.15) is 22.7 Å². The molecule has 0 atom stereocenters. The highest BCUT2D eigenvalue weighted by Gasteiger charge is 2.28. The van der Waals surface area contributed by atoms with Crippen LogP contribution in [-0.4, -0.2) is 39.5 Å². The molecule has 7 heterocycles. The second-order valence-corrected chi connectivity index (χ2v) is 32.1. The second kappa shape index (κ2) is 33.3. The third kappa shape index (κ3) is 14.6. The summed E-state index contributed by atoms with van der Waals surface area (Å²) in [5.41, 5.74) is 31.1. The molecule has 0 saturated carbocycles. The van der Waals surface area contributed by atoms with E-state index < -0.39 is 0 Å². The lowest BCUT2D eigenvalue weighted by Crippen LogP contribution is -2.00. The minimum atomic E-state index is 0.619. The summed E-state index contributed by atoms with van der Waals surface area (Å²) in [4.78, 5) is 35.9. The van der Waals surface area contributed by atoms with Crippen LogP contribution in [0.2, 0.25) is 0 Å². The van der Waals surface area contributed by atoms with Crippen molar-refractivity contribution in [1.82, 2.24) is 39.5 Å². The van der Waals surface area contributed by atoms with Crippen molar-refractivity contribution >= 4 is 65.6 Å². The number of benzene rings is 17. The molecule has 0 fully saturated rings. The van der Waals surface area contributed by atoms with Crippen LogP contribution in [0, 0.1) is 0 Å². The van der Waals surface area contributed by atoms with Gasteiger partial charge >= 0.3 is 0 Å². The Balaban J connectivity index is 0.000000148. The molecule has 604 valence electrons. The Morgan fingerprint density at radius 1 is 0.178 bits per heavy atom. The first-order valence-electron chi connectivity index (χ1n) is 43.3. The highest BCUT2D eigenvalue weighted by Crippen LogP contribution is 2.50. The molecule has 17 aromatic carbocycles. The quantitative estimate of drug-likeness (QED) is 0.0931. The molecule has 10 nitrogen and oxygen atoms in total.